The Bertz CT molecular complexity index is 1040. The van der Waals surface area contributed by atoms with Crippen molar-refractivity contribution in [2.24, 2.45) is 0 Å². The van der Waals surface area contributed by atoms with Gasteiger partial charge in [-0.25, -0.2) is 8.42 Å². The predicted molar refractivity (Wildman–Crippen MR) is 111 cm³/mol. The molecule has 1 atom stereocenters. The van der Waals surface area contributed by atoms with E-state index in [1.165, 1.54) is 0 Å². The maximum atomic E-state index is 13.4. The number of hydrogen-bond acceptors (Lipinski definition) is 5. The molecule has 0 fully saturated rings. The van der Waals surface area contributed by atoms with Crippen molar-refractivity contribution in [3.05, 3.63) is 48.0 Å². The fourth-order valence-corrected chi connectivity index (χ4v) is 5.12. The van der Waals surface area contributed by atoms with Crippen molar-refractivity contribution in [2.75, 3.05) is 35.2 Å². The molecule has 1 amide bonds. The summed E-state index contributed by atoms with van der Waals surface area (Å²) in [4.78, 5) is 15.1. The smallest absolute Gasteiger partial charge is 0.250 e. The highest BCUT2D eigenvalue weighted by Gasteiger charge is 2.34. The van der Waals surface area contributed by atoms with Gasteiger partial charge < -0.3 is 14.4 Å². The number of aryl methyl sites for hydroxylation is 1. The van der Waals surface area contributed by atoms with Crippen LogP contribution in [0.15, 0.2) is 42.5 Å². The van der Waals surface area contributed by atoms with Gasteiger partial charge in [-0.05, 0) is 43.5 Å². The lowest BCUT2D eigenvalue weighted by Crippen LogP contribution is -2.50. The number of benzene rings is 2. The van der Waals surface area contributed by atoms with Gasteiger partial charge in [0.05, 0.1) is 11.9 Å². The van der Waals surface area contributed by atoms with E-state index in [9.17, 15) is 13.2 Å². The normalized spacial score (nSPS) is 16.7. The molecule has 154 valence electrons. The van der Waals surface area contributed by atoms with Gasteiger partial charge in [0.2, 0.25) is 10.0 Å². The number of carbonyl (C=O) groups excluding carboxylic acids is 1. The van der Waals surface area contributed by atoms with Gasteiger partial charge in [0.25, 0.3) is 5.91 Å². The molecule has 0 saturated heterocycles. The Morgan fingerprint density at radius 1 is 1.10 bits per heavy atom. The van der Waals surface area contributed by atoms with Crippen LogP contribution in [0.2, 0.25) is 0 Å². The van der Waals surface area contributed by atoms with E-state index in [0.717, 1.165) is 34.7 Å². The van der Waals surface area contributed by atoms with Crippen LogP contribution in [0.1, 0.15) is 18.9 Å². The second-order valence-corrected chi connectivity index (χ2v) is 9.14. The summed E-state index contributed by atoms with van der Waals surface area (Å²) in [5.74, 6) is 0.792. The lowest BCUT2D eigenvalue weighted by molar-refractivity contribution is -0.119. The lowest BCUT2D eigenvalue weighted by atomic mass is 10.0. The van der Waals surface area contributed by atoms with E-state index in [1.54, 1.807) is 30.0 Å². The largest absolute Gasteiger partial charge is 0.486 e. The van der Waals surface area contributed by atoms with Gasteiger partial charge in [0.15, 0.2) is 11.5 Å². The Kier molecular flexibility index (Phi) is 5.12. The zero-order chi connectivity index (χ0) is 20.6. The summed E-state index contributed by atoms with van der Waals surface area (Å²) in [6.07, 6.45) is 2.86. The third kappa shape index (κ3) is 3.76. The first kappa shape index (κ1) is 19.6. The molecular weight excluding hydrogens is 392 g/mol. The molecule has 0 saturated carbocycles. The van der Waals surface area contributed by atoms with Crippen LogP contribution < -0.4 is 18.7 Å². The van der Waals surface area contributed by atoms with Crippen molar-refractivity contribution < 1.29 is 22.7 Å². The van der Waals surface area contributed by atoms with E-state index in [1.807, 2.05) is 24.3 Å². The van der Waals surface area contributed by atoms with E-state index in [-0.39, 0.29) is 5.91 Å². The number of rotatable bonds is 4. The van der Waals surface area contributed by atoms with Crippen molar-refractivity contribution in [3.8, 4) is 11.5 Å². The van der Waals surface area contributed by atoms with Crippen LogP contribution in [-0.2, 0) is 21.2 Å². The van der Waals surface area contributed by atoms with Crippen LogP contribution in [0.3, 0.4) is 0 Å². The SMILES string of the molecule is C[C@H](C(=O)N1CCCc2ccccc21)N(c1ccc2c(c1)OCCO2)S(C)(=O)=O. The summed E-state index contributed by atoms with van der Waals surface area (Å²) >= 11 is 0. The minimum absolute atomic E-state index is 0.252. The minimum atomic E-state index is -3.72. The third-order valence-electron chi connectivity index (χ3n) is 5.22. The van der Waals surface area contributed by atoms with Crippen LogP contribution >= 0.6 is 0 Å². The average Bonchev–Trinajstić information content (AvgIpc) is 2.71. The zero-order valence-corrected chi connectivity index (χ0v) is 17.3. The van der Waals surface area contributed by atoms with Gasteiger partial charge in [0.1, 0.15) is 19.3 Å². The quantitative estimate of drug-likeness (QED) is 0.766. The molecule has 0 bridgehead atoms. The number of anilines is 2. The maximum Gasteiger partial charge on any atom is 0.250 e. The topological polar surface area (TPSA) is 76.2 Å². The second-order valence-electron chi connectivity index (χ2n) is 7.28. The summed E-state index contributed by atoms with van der Waals surface area (Å²) in [5, 5.41) is 0. The molecule has 0 aliphatic carbocycles. The van der Waals surface area contributed by atoms with Crippen LogP contribution in [-0.4, -0.2) is 46.4 Å². The van der Waals surface area contributed by atoms with E-state index >= 15 is 0 Å². The predicted octanol–water partition coefficient (Wildman–Crippen LogP) is 2.59. The van der Waals surface area contributed by atoms with Gasteiger partial charge in [-0.1, -0.05) is 18.2 Å². The molecule has 2 heterocycles. The van der Waals surface area contributed by atoms with Crippen LogP contribution in [0.5, 0.6) is 11.5 Å². The van der Waals surface area contributed by atoms with E-state index in [2.05, 4.69) is 0 Å². The average molecular weight is 416 g/mol. The number of ether oxygens (including phenoxy) is 2. The lowest BCUT2D eigenvalue weighted by Gasteiger charge is -2.35. The fourth-order valence-electron chi connectivity index (χ4n) is 3.96. The summed E-state index contributed by atoms with van der Waals surface area (Å²) in [6.45, 7) is 3.04. The number of carbonyl (C=O) groups is 1. The Hall–Kier alpha value is -2.74. The number of nitrogens with zero attached hydrogens (tertiary/aromatic N) is 2. The number of para-hydroxylation sites is 1. The van der Waals surface area contributed by atoms with Crippen LogP contribution in [0.4, 0.5) is 11.4 Å². The van der Waals surface area contributed by atoms with E-state index in [4.69, 9.17) is 9.47 Å². The minimum Gasteiger partial charge on any atom is -0.486 e. The van der Waals surface area contributed by atoms with Crippen molar-refractivity contribution in [1.82, 2.24) is 0 Å². The number of fused-ring (bicyclic) bond motifs is 2. The van der Waals surface area contributed by atoms with E-state index in [0.29, 0.717) is 36.9 Å². The molecule has 2 aromatic carbocycles. The van der Waals surface area contributed by atoms with E-state index < -0.39 is 16.1 Å². The molecule has 8 heteroatoms. The second kappa shape index (κ2) is 7.59. The molecule has 0 unspecified atom stereocenters. The van der Waals surface area contributed by atoms with Gasteiger partial charge in [-0.15, -0.1) is 0 Å². The van der Waals surface area contributed by atoms with Crippen LogP contribution in [0.25, 0.3) is 0 Å². The van der Waals surface area contributed by atoms with Crippen molar-refractivity contribution in [2.45, 2.75) is 25.8 Å². The van der Waals surface area contributed by atoms with Crippen molar-refractivity contribution in [1.29, 1.82) is 0 Å². The van der Waals surface area contributed by atoms with Gasteiger partial charge >= 0.3 is 0 Å². The first-order valence-electron chi connectivity index (χ1n) is 9.64. The molecular formula is C21H24N2O5S. The molecule has 0 aromatic heterocycles. The number of amides is 1. The van der Waals surface area contributed by atoms with Gasteiger partial charge in [-0.3, -0.25) is 9.10 Å². The Morgan fingerprint density at radius 2 is 1.83 bits per heavy atom. The molecule has 0 spiro atoms. The molecule has 4 rings (SSSR count). The molecule has 2 aliphatic heterocycles. The van der Waals surface area contributed by atoms with Gasteiger partial charge in [0, 0.05) is 18.3 Å². The molecule has 0 N–H and O–H groups in total. The fraction of sp³-hybridized carbons (Fsp3) is 0.381. The molecule has 0 radical (unpaired) electrons. The Labute approximate surface area is 170 Å². The summed E-state index contributed by atoms with van der Waals surface area (Å²) in [6, 6.07) is 11.8. The standard InChI is InChI=1S/C21H24N2O5S/c1-15(21(24)22-11-5-7-16-6-3-4-8-18(16)22)23(29(2,25)26)17-9-10-19-20(14-17)28-13-12-27-19/h3-4,6,8-10,14-15H,5,7,11-13H2,1-2H3/t15-/m1/s1. The summed E-state index contributed by atoms with van der Waals surface area (Å²) in [5.41, 5.74) is 2.33. The molecule has 29 heavy (non-hydrogen) atoms. The van der Waals surface area contributed by atoms with Crippen molar-refractivity contribution in [3.63, 3.8) is 0 Å². The number of sulfonamides is 1. The zero-order valence-electron chi connectivity index (χ0n) is 16.5. The van der Waals surface area contributed by atoms with Crippen LogP contribution in [0, 0.1) is 0 Å². The Morgan fingerprint density at radius 3 is 2.59 bits per heavy atom. The number of hydrogen-bond donors (Lipinski definition) is 0. The maximum absolute atomic E-state index is 13.4. The first-order valence-corrected chi connectivity index (χ1v) is 11.5. The highest BCUT2D eigenvalue weighted by Crippen LogP contribution is 2.36. The monoisotopic (exact) mass is 416 g/mol. The Balaban J connectivity index is 1.69. The molecule has 2 aliphatic rings. The third-order valence-corrected chi connectivity index (χ3v) is 6.46. The summed E-state index contributed by atoms with van der Waals surface area (Å²) < 4.78 is 37.6. The summed E-state index contributed by atoms with van der Waals surface area (Å²) in [7, 11) is -3.72. The van der Waals surface area contributed by atoms with Crippen molar-refractivity contribution >= 4 is 27.3 Å². The molecule has 7 nitrogen and oxygen atoms in total. The first-order chi connectivity index (χ1) is 13.9. The van der Waals surface area contributed by atoms with Gasteiger partial charge in [-0.2, -0.15) is 0 Å². The molecule has 2 aromatic rings. The highest BCUT2D eigenvalue weighted by atomic mass is 32.2. The highest BCUT2D eigenvalue weighted by molar-refractivity contribution is 7.92.